The van der Waals surface area contributed by atoms with Gasteiger partial charge in [-0.05, 0) is 24.3 Å². The summed E-state index contributed by atoms with van der Waals surface area (Å²) < 4.78 is 10.1. The number of rotatable bonds is 3. The molecule has 2 heterocycles. The summed E-state index contributed by atoms with van der Waals surface area (Å²) in [6, 6.07) is 8.40. The van der Waals surface area contributed by atoms with Crippen LogP contribution in [0.3, 0.4) is 0 Å². The molecule has 0 atom stereocenters. The quantitative estimate of drug-likeness (QED) is 0.690. The Labute approximate surface area is 119 Å². The van der Waals surface area contributed by atoms with Gasteiger partial charge in [-0.15, -0.1) is 10.2 Å². The van der Waals surface area contributed by atoms with Gasteiger partial charge in [-0.1, -0.05) is 5.16 Å². The van der Waals surface area contributed by atoms with Gasteiger partial charge in [0.1, 0.15) is 5.69 Å². The third-order valence-corrected chi connectivity index (χ3v) is 2.73. The van der Waals surface area contributed by atoms with E-state index in [0.717, 1.165) is 0 Å². The Morgan fingerprint density at radius 1 is 1.05 bits per heavy atom. The molecule has 0 fully saturated rings. The minimum absolute atomic E-state index is 0.307. The average molecular weight is 284 g/mol. The largest absolute Gasteiger partial charge is 0.480 e. The molecule has 0 aliphatic carbocycles. The summed E-state index contributed by atoms with van der Waals surface area (Å²) >= 11 is 0. The van der Waals surface area contributed by atoms with Crippen molar-refractivity contribution in [2.24, 2.45) is 0 Å². The highest BCUT2D eigenvalue weighted by molar-refractivity contribution is 5.68. The van der Waals surface area contributed by atoms with E-state index in [1.807, 2.05) is 0 Å². The number of benzene rings is 1. The lowest BCUT2D eigenvalue weighted by molar-refractivity contribution is 0.392. The summed E-state index contributed by atoms with van der Waals surface area (Å²) in [5.41, 5.74) is 13.6. The summed E-state index contributed by atoms with van der Waals surface area (Å²) in [5, 5.41) is 11.7. The Balaban J connectivity index is 1.95. The van der Waals surface area contributed by atoms with Crippen molar-refractivity contribution in [3.05, 3.63) is 30.3 Å². The molecule has 106 valence electrons. The van der Waals surface area contributed by atoms with Crippen LogP contribution in [0.5, 0.6) is 5.88 Å². The van der Waals surface area contributed by atoms with Crippen LogP contribution in [0.25, 0.3) is 23.0 Å². The van der Waals surface area contributed by atoms with E-state index in [1.54, 1.807) is 30.3 Å². The van der Waals surface area contributed by atoms with Gasteiger partial charge in [-0.25, -0.2) is 0 Å². The average Bonchev–Trinajstić information content (AvgIpc) is 2.96. The van der Waals surface area contributed by atoms with E-state index in [1.165, 1.54) is 7.11 Å². The number of anilines is 2. The fraction of sp³-hybridized carbons (Fsp3) is 0.0769. The van der Waals surface area contributed by atoms with Gasteiger partial charge in [0.15, 0.2) is 0 Å². The molecule has 0 aliphatic heterocycles. The second kappa shape index (κ2) is 5.08. The van der Waals surface area contributed by atoms with Crippen LogP contribution in [-0.4, -0.2) is 27.4 Å². The lowest BCUT2D eigenvalue weighted by Gasteiger charge is -1.99. The topological polar surface area (TPSA) is 126 Å². The maximum Gasteiger partial charge on any atom is 0.258 e. The molecule has 0 amide bonds. The minimum atomic E-state index is 0.307. The maximum atomic E-state index is 5.74. The predicted octanol–water partition coefficient (Wildman–Crippen LogP) is 1.37. The first-order valence-corrected chi connectivity index (χ1v) is 6.04. The molecular formula is C13H12N6O2. The van der Waals surface area contributed by atoms with Gasteiger partial charge in [0.2, 0.25) is 11.7 Å². The highest BCUT2D eigenvalue weighted by atomic mass is 16.5. The van der Waals surface area contributed by atoms with Crippen molar-refractivity contribution < 1.29 is 9.26 Å². The Hall–Kier alpha value is -3.16. The molecule has 8 nitrogen and oxygen atoms in total. The second-order valence-electron chi connectivity index (χ2n) is 4.27. The van der Waals surface area contributed by atoms with Gasteiger partial charge < -0.3 is 20.7 Å². The molecule has 0 radical (unpaired) electrons. The molecule has 1 aromatic carbocycles. The molecule has 0 unspecified atom stereocenters. The van der Waals surface area contributed by atoms with Crippen molar-refractivity contribution in [1.82, 2.24) is 20.3 Å². The molecule has 2 aromatic heterocycles. The smallest absolute Gasteiger partial charge is 0.258 e. The zero-order chi connectivity index (χ0) is 14.8. The van der Waals surface area contributed by atoms with E-state index >= 15 is 0 Å². The lowest BCUT2D eigenvalue weighted by atomic mass is 10.2. The van der Waals surface area contributed by atoms with Gasteiger partial charge >= 0.3 is 0 Å². The molecule has 3 aromatic rings. The minimum Gasteiger partial charge on any atom is -0.480 e. The zero-order valence-electron chi connectivity index (χ0n) is 11.1. The van der Waals surface area contributed by atoms with E-state index < -0.39 is 0 Å². The third-order valence-electron chi connectivity index (χ3n) is 2.73. The molecule has 0 saturated heterocycles. The molecule has 3 rings (SSSR count). The Bertz CT molecular complexity index is 748. The highest BCUT2D eigenvalue weighted by Gasteiger charge is 2.13. The number of ether oxygens (including phenoxy) is 1. The van der Waals surface area contributed by atoms with Crippen molar-refractivity contribution in [2.75, 3.05) is 18.6 Å². The molecular weight excluding hydrogens is 272 g/mol. The molecule has 0 saturated carbocycles. The molecule has 0 aliphatic rings. The normalized spacial score (nSPS) is 10.5. The number of methoxy groups -OCH3 is 1. The number of nitrogen functional groups attached to an aromatic ring is 2. The van der Waals surface area contributed by atoms with E-state index in [4.69, 9.17) is 20.7 Å². The van der Waals surface area contributed by atoms with Crippen molar-refractivity contribution in [3.63, 3.8) is 0 Å². The highest BCUT2D eigenvalue weighted by Crippen LogP contribution is 2.25. The Kier molecular flexibility index (Phi) is 3.11. The maximum absolute atomic E-state index is 5.74. The zero-order valence-corrected chi connectivity index (χ0v) is 11.1. The number of hydrogen-bond donors (Lipinski definition) is 2. The van der Waals surface area contributed by atoms with E-state index in [-0.39, 0.29) is 0 Å². The van der Waals surface area contributed by atoms with E-state index in [2.05, 4.69) is 20.3 Å². The fourth-order valence-electron chi connectivity index (χ4n) is 1.79. The summed E-state index contributed by atoms with van der Waals surface area (Å²) in [4.78, 5) is 4.26. The van der Waals surface area contributed by atoms with Crippen LogP contribution in [0.1, 0.15) is 0 Å². The number of nitrogens with two attached hydrogens (primary N) is 2. The number of hydrogen-bond acceptors (Lipinski definition) is 8. The fourth-order valence-corrected chi connectivity index (χ4v) is 1.79. The van der Waals surface area contributed by atoms with Crippen LogP contribution in [0.4, 0.5) is 11.4 Å². The third kappa shape index (κ3) is 2.59. The van der Waals surface area contributed by atoms with Crippen LogP contribution in [0.15, 0.2) is 34.9 Å². The summed E-state index contributed by atoms with van der Waals surface area (Å²) in [5.74, 6) is 1.04. The Morgan fingerprint density at radius 2 is 1.81 bits per heavy atom. The first kappa shape index (κ1) is 12.9. The lowest BCUT2D eigenvalue weighted by Crippen LogP contribution is -1.93. The molecule has 8 heteroatoms. The van der Waals surface area contributed by atoms with E-state index in [9.17, 15) is 0 Å². The second-order valence-corrected chi connectivity index (χ2v) is 4.27. The first-order valence-electron chi connectivity index (χ1n) is 6.04. The van der Waals surface area contributed by atoms with Crippen molar-refractivity contribution in [2.45, 2.75) is 0 Å². The van der Waals surface area contributed by atoms with Crippen molar-refractivity contribution in [1.29, 1.82) is 0 Å². The van der Waals surface area contributed by atoms with Gasteiger partial charge in [0, 0.05) is 23.0 Å². The molecule has 4 N–H and O–H groups in total. The van der Waals surface area contributed by atoms with Crippen LogP contribution >= 0.6 is 0 Å². The monoisotopic (exact) mass is 284 g/mol. The summed E-state index contributed by atoms with van der Waals surface area (Å²) in [6.07, 6.45) is 0. The van der Waals surface area contributed by atoms with Crippen molar-refractivity contribution >= 4 is 11.4 Å². The van der Waals surface area contributed by atoms with Gasteiger partial charge in [0.25, 0.3) is 5.89 Å². The van der Waals surface area contributed by atoms with Gasteiger partial charge in [0.05, 0.1) is 7.11 Å². The summed E-state index contributed by atoms with van der Waals surface area (Å²) in [7, 11) is 1.51. The van der Waals surface area contributed by atoms with Gasteiger partial charge in [-0.3, -0.25) is 0 Å². The number of nitrogens with zero attached hydrogens (tertiary/aromatic N) is 4. The molecule has 0 bridgehead atoms. The predicted molar refractivity (Wildman–Crippen MR) is 76.1 cm³/mol. The van der Waals surface area contributed by atoms with Crippen LogP contribution in [0, 0.1) is 0 Å². The Morgan fingerprint density at radius 3 is 2.43 bits per heavy atom. The molecule has 0 spiro atoms. The standard InChI is InChI=1S/C13H12N6O2/c1-20-11-3-2-10(17-18-11)12-16-13(21-19-12)7-4-8(14)6-9(15)5-7/h2-6H,14-15H2,1H3. The molecule has 21 heavy (non-hydrogen) atoms. The number of aromatic nitrogens is 4. The summed E-state index contributed by atoms with van der Waals surface area (Å²) in [6.45, 7) is 0. The first-order chi connectivity index (χ1) is 10.2. The van der Waals surface area contributed by atoms with Crippen molar-refractivity contribution in [3.8, 4) is 28.9 Å². The van der Waals surface area contributed by atoms with E-state index in [0.29, 0.717) is 40.2 Å². The van der Waals surface area contributed by atoms with Gasteiger partial charge in [-0.2, -0.15) is 4.98 Å². The SMILES string of the molecule is COc1ccc(-c2noc(-c3cc(N)cc(N)c3)n2)nn1. The van der Waals surface area contributed by atoms with Crippen LogP contribution < -0.4 is 16.2 Å². The van der Waals surface area contributed by atoms with Crippen LogP contribution in [0.2, 0.25) is 0 Å². The van der Waals surface area contributed by atoms with Crippen LogP contribution in [-0.2, 0) is 0 Å².